The predicted octanol–water partition coefficient (Wildman–Crippen LogP) is 5.39. The molecule has 0 saturated carbocycles. The Bertz CT molecular complexity index is 2110. The van der Waals surface area contributed by atoms with Gasteiger partial charge in [0.05, 0.1) is 0 Å². The first-order valence-corrected chi connectivity index (χ1v) is 18.0. The highest BCUT2D eigenvalue weighted by molar-refractivity contribution is 7.27. The highest BCUT2D eigenvalue weighted by Gasteiger charge is 2.55. The number of hydrogen-bond donors (Lipinski definition) is 0. The highest BCUT2D eigenvalue weighted by Crippen LogP contribution is 2.42. The van der Waals surface area contributed by atoms with Crippen LogP contribution in [-0.4, -0.2) is 14.8 Å². The number of nitrogens with zero attached hydrogens (tertiary/aromatic N) is 1. The van der Waals surface area contributed by atoms with Crippen LogP contribution in [-0.2, 0) is 5.41 Å². The zero-order chi connectivity index (χ0) is 30.5. The first kappa shape index (κ1) is 26.6. The number of rotatable bonds is 3. The lowest BCUT2D eigenvalue weighted by Gasteiger charge is -2.49. The molecule has 0 bridgehead atoms. The summed E-state index contributed by atoms with van der Waals surface area (Å²) in [5.41, 5.74) is 10.4. The summed E-state index contributed by atoms with van der Waals surface area (Å²) in [6.45, 7) is 9.25. The minimum atomic E-state index is -2.74. The topological polar surface area (TPSA) is 12.5 Å². The Morgan fingerprint density at radius 1 is 0.578 bits per heavy atom. The molecule has 0 atom stereocenters. The fourth-order valence-electron chi connectivity index (χ4n) is 8.34. The molecular weight excluding hydrogens is 561 g/mol. The molecular formula is C41H34BNOSi. The van der Waals surface area contributed by atoms with Crippen LogP contribution in [0.15, 0.2) is 133 Å². The molecule has 0 aliphatic carbocycles. The van der Waals surface area contributed by atoms with Crippen LogP contribution < -0.4 is 46.8 Å². The van der Waals surface area contributed by atoms with Crippen molar-refractivity contribution < 1.29 is 4.74 Å². The van der Waals surface area contributed by atoms with Crippen molar-refractivity contribution in [1.82, 2.24) is 0 Å². The molecule has 0 saturated heterocycles. The van der Waals surface area contributed by atoms with Gasteiger partial charge in [-0.25, -0.2) is 0 Å². The second kappa shape index (κ2) is 9.35. The third-order valence-corrected chi connectivity index (χ3v) is 15.1. The number of aryl methyl sites for hydroxylation is 1. The Balaban J connectivity index is 1.45. The van der Waals surface area contributed by atoms with Gasteiger partial charge >= 0.3 is 0 Å². The first-order valence-electron chi connectivity index (χ1n) is 16.0. The molecule has 3 heterocycles. The van der Waals surface area contributed by atoms with Gasteiger partial charge in [0.25, 0.3) is 6.71 Å². The van der Waals surface area contributed by atoms with Crippen molar-refractivity contribution in [3.63, 3.8) is 0 Å². The van der Waals surface area contributed by atoms with Gasteiger partial charge in [-0.3, -0.25) is 0 Å². The van der Waals surface area contributed by atoms with E-state index in [9.17, 15) is 0 Å². The van der Waals surface area contributed by atoms with E-state index in [4.69, 9.17) is 4.74 Å². The second-order valence-corrected chi connectivity index (χ2v) is 17.5. The normalized spacial score (nSPS) is 14.9. The maximum absolute atomic E-state index is 6.90. The molecule has 6 aromatic rings. The highest BCUT2D eigenvalue weighted by atomic mass is 28.3. The summed E-state index contributed by atoms with van der Waals surface area (Å²) in [5, 5.41) is 5.71. The van der Waals surface area contributed by atoms with Crippen LogP contribution in [0.25, 0.3) is 0 Å². The predicted molar refractivity (Wildman–Crippen MR) is 193 cm³/mol. The monoisotopic (exact) mass is 595 g/mol. The van der Waals surface area contributed by atoms with Crippen molar-refractivity contribution in [3.05, 3.63) is 145 Å². The summed E-state index contributed by atoms with van der Waals surface area (Å²) >= 11 is 0. The Morgan fingerprint density at radius 3 is 1.78 bits per heavy atom. The molecule has 0 spiro atoms. The molecule has 3 aliphatic heterocycles. The number of hydrogen-bond acceptors (Lipinski definition) is 2. The quantitative estimate of drug-likeness (QED) is 0.254. The molecule has 0 aromatic heterocycles. The van der Waals surface area contributed by atoms with Gasteiger partial charge in [0.15, 0.2) is 8.07 Å². The summed E-state index contributed by atoms with van der Waals surface area (Å²) in [7, 11) is -2.74. The lowest BCUT2D eigenvalue weighted by atomic mass is 9.34. The van der Waals surface area contributed by atoms with E-state index in [2.05, 4.69) is 166 Å². The van der Waals surface area contributed by atoms with Gasteiger partial charge in [-0.1, -0.05) is 118 Å². The molecule has 2 nitrogen and oxygen atoms in total. The zero-order valence-electron chi connectivity index (χ0n) is 26.1. The second-order valence-electron chi connectivity index (χ2n) is 13.8. The van der Waals surface area contributed by atoms with Crippen LogP contribution in [0.5, 0.6) is 11.5 Å². The third kappa shape index (κ3) is 3.57. The van der Waals surface area contributed by atoms with E-state index in [0.717, 1.165) is 11.5 Å². The van der Waals surface area contributed by atoms with Gasteiger partial charge in [-0.15, -0.1) is 0 Å². The summed E-state index contributed by atoms with van der Waals surface area (Å²) in [6.07, 6.45) is 0. The Morgan fingerprint density at radius 2 is 1.13 bits per heavy atom. The number of ether oxygens (including phenoxy) is 1. The Hall–Kier alpha value is -4.80. The summed E-state index contributed by atoms with van der Waals surface area (Å²) in [4.78, 5) is 2.52. The van der Waals surface area contributed by atoms with Crippen molar-refractivity contribution in [3.8, 4) is 11.5 Å². The summed E-state index contributed by atoms with van der Waals surface area (Å²) in [6, 6.07) is 50.1. The number of anilines is 3. The average Bonchev–Trinajstić information content (AvgIpc) is 3.05. The van der Waals surface area contributed by atoms with Gasteiger partial charge in [-0.2, -0.15) is 0 Å². The molecule has 45 heavy (non-hydrogen) atoms. The van der Waals surface area contributed by atoms with Gasteiger partial charge in [0, 0.05) is 17.1 Å². The van der Waals surface area contributed by atoms with Crippen LogP contribution in [0.2, 0.25) is 0 Å². The van der Waals surface area contributed by atoms with E-state index >= 15 is 0 Å². The molecule has 216 valence electrons. The van der Waals surface area contributed by atoms with Crippen LogP contribution in [0.3, 0.4) is 0 Å². The third-order valence-electron chi connectivity index (χ3n) is 10.2. The number of benzene rings is 6. The molecule has 0 unspecified atom stereocenters. The summed E-state index contributed by atoms with van der Waals surface area (Å²) in [5.74, 6) is 1.95. The standard InChI is InChI=1S/C41H34BNOSi/c1-27-24-28(41(2,3)4)26-29(25-27)43-32-18-11-20-34-38(32)42-39-33(43)19-12-22-36(39)45(30-14-7-5-8-15-30,31-16-9-6-10-17-31)37-23-13-21-35(44-34)40(37)42/h5-26H,1-4H3. The zero-order valence-corrected chi connectivity index (χ0v) is 27.1. The van der Waals surface area contributed by atoms with Crippen LogP contribution in [0, 0.1) is 6.92 Å². The lowest BCUT2D eigenvalue weighted by Crippen LogP contribution is -2.87. The Labute approximate surface area is 267 Å². The molecule has 4 heteroatoms. The molecule has 0 amide bonds. The van der Waals surface area contributed by atoms with Gasteiger partial charge in [0.2, 0.25) is 0 Å². The van der Waals surface area contributed by atoms with E-state index < -0.39 is 8.07 Å². The maximum atomic E-state index is 6.90. The van der Waals surface area contributed by atoms with Crippen LogP contribution in [0.4, 0.5) is 17.1 Å². The Kier molecular flexibility index (Phi) is 5.53. The van der Waals surface area contributed by atoms with E-state index in [1.54, 1.807) is 0 Å². The van der Waals surface area contributed by atoms with Crippen LogP contribution in [0.1, 0.15) is 31.9 Å². The smallest absolute Gasteiger partial charge is 0.256 e. The van der Waals surface area contributed by atoms with Crippen molar-refractivity contribution >= 4 is 69.0 Å². The first-order chi connectivity index (χ1) is 21.9. The fraction of sp³-hybridized carbons (Fsp3) is 0.122. The molecule has 3 aliphatic rings. The molecule has 0 fully saturated rings. The minimum absolute atomic E-state index is 0.0327. The maximum Gasteiger partial charge on any atom is 0.256 e. The van der Waals surface area contributed by atoms with Crippen LogP contribution >= 0.6 is 0 Å². The van der Waals surface area contributed by atoms with E-state index in [-0.39, 0.29) is 12.1 Å². The van der Waals surface area contributed by atoms with E-state index in [0.29, 0.717) is 0 Å². The van der Waals surface area contributed by atoms with E-state index in [1.807, 2.05) is 0 Å². The van der Waals surface area contributed by atoms with Gasteiger partial charge < -0.3 is 9.64 Å². The average molecular weight is 596 g/mol. The minimum Gasteiger partial charge on any atom is -0.458 e. The SMILES string of the molecule is Cc1cc(N2c3cccc4c3B3c5c(cccc5[Si](c5ccccc5)(c5ccccc5)c5cccc2c53)O4)cc(C(C)(C)C)c1. The summed E-state index contributed by atoms with van der Waals surface area (Å²) < 4.78 is 6.90. The van der Waals surface area contributed by atoms with Gasteiger partial charge in [-0.05, 0) is 97.0 Å². The molecule has 9 rings (SSSR count). The lowest BCUT2D eigenvalue weighted by molar-refractivity contribution is 0.488. The largest absolute Gasteiger partial charge is 0.458 e. The van der Waals surface area contributed by atoms with Crippen molar-refractivity contribution in [2.45, 2.75) is 33.1 Å². The molecule has 0 N–H and O–H groups in total. The van der Waals surface area contributed by atoms with Crippen molar-refractivity contribution in [2.75, 3.05) is 4.90 Å². The van der Waals surface area contributed by atoms with Crippen molar-refractivity contribution in [1.29, 1.82) is 0 Å². The molecule has 0 radical (unpaired) electrons. The van der Waals surface area contributed by atoms with E-state index in [1.165, 1.54) is 65.3 Å². The van der Waals surface area contributed by atoms with Crippen molar-refractivity contribution in [2.24, 2.45) is 0 Å². The fourth-order valence-corrected chi connectivity index (χ4v) is 13.6. The van der Waals surface area contributed by atoms with Gasteiger partial charge in [0.1, 0.15) is 11.5 Å². The molecule has 6 aromatic carbocycles.